The molecule has 1 rings (SSSR count). The van der Waals surface area contributed by atoms with Crippen LogP contribution in [0, 0.1) is 0 Å². The van der Waals surface area contributed by atoms with Gasteiger partial charge in [0.05, 0.1) is 0 Å². The highest BCUT2D eigenvalue weighted by molar-refractivity contribution is 6.64. The van der Waals surface area contributed by atoms with Crippen LogP contribution in [0.3, 0.4) is 0 Å². The summed E-state index contributed by atoms with van der Waals surface area (Å²) >= 11 is 0. The fraction of sp³-hybridized carbons (Fsp3) is 0.538. The van der Waals surface area contributed by atoms with Gasteiger partial charge in [0.25, 0.3) is 0 Å². The maximum atomic E-state index is 5.57. The van der Waals surface area contributed by atoms with Crippen LogP contribution in [0.2, 0.25) is 6.04 Å². The molecule has 1 N–H and O–H groups in total. The Morgan fingerprint density at radius 3 is 2.29 bits per heavy atom. The number of rotatable bonds is 8. The first-order valence-corrected chi connectivity index (χ1v) is 8.18. The molecule has 0 amide bonds. The molecule has 0 radical (unpaired) electrons. The number of benzene rings is 1. The first-order chi connectivity index (χ1) is 8.26. The van der Waals surface area contributed by atoms with E-state index in [0.29, 0.717) is 0 Å². The van der Waals surface area contributed by atoms with Crippen molar-refractivity contribution in [2.75, 3.05) is 20.8 Å². The highest BCUT2D eigenvalue weighted by Crippen LogP contribution is 2.10. The molecule has 96 valence electrons. The summed E-state index contributed by atoms with van der Waals surface area (Å²) < 4.78 is 11.1. The molecule has 0 atom stereocenters. The standard InChI is InChI=1S/C13H23NO2Si/c1-4-12-17(15-2,16-3)14-11-10-13-8-6-5-7-9-13/h5-9,14H,4,10-12H2,1-3H3. The van der Waals surface area contributed by atoms with Gasteiger partial charge in [0.15, 0.2) is 0 Å². The lowest BCUT2D eigenvalue weighted by atomic mass is 10.2. The molecule has 0 saturated heterocycles. The van der Waals surface area contributed by atoms with Crippen LogP contribution >= 0.6 is 0 Å². The molecule has 1 aromatic rings. The smallest absolute Gasteiger partial charge is 0.386 e. The van der Waals surface area contributed by atoms with E-state index in [1.54, 1.807) is 14.2 Å². The zero-order valence-corrected chi connectivity index (χ0v) is 12.0. The molecule has 0 aliphatic rings. The molecule has 0 fully saturated rings. The summed E-state index contributed by atoms with van der Waals surface area (Å²) in [5.74, 6) is 0. The van der Waals surface area contributed by atoms with Gasteiger partial charge in [-0.15, -0.1) is 0 Å². The van der Waals surface area contributed by atoms with Crippen molar-refractivity contribution in [2.24, 2.45) is 0 Å². The highest BCUT2D eigenvalue weighted by atomic mass is 28.4. The highest BCUT2D eigenvalue weighted by Gasteiger charge is 2.34. The van der Waals surface area contributed by atoms with Crippen LogP contribution < -0.4 is 4.98 Å². The molecule has 0 heterocycles. The molecule has 0 aromatic heterocycles. The molecule has 4 heteroatoms. The Kier molecular flexibility index (Phi) is 6.43. The van der Waals surface area contributed by atoms with Gasteiger partial charge in [0, 0.05) is 20.3 Å². The van der Waals surface area contributed by atoms with E-state index in [0.717, 1.165) is 25.4 Å². The Bertz CT molecular complexity index is 302. The van der Waals surface area contributed by atoms with Crippen LogP contribution in [0.25, 0.3) is 0 Å². The summed E-state index contributed by atoms with van der Waals surface area (Å²) in [6, 6.07) is 11.4. The van der Waals surface area contributed by atoms with Gasteiger partial charge < -0.3 is 8.85 Å². The van der Waals surface area contributed by atoms with Crippen molar-refractivity contribution in [3.8, 4) is 0 Å². The predicted octanol–water partition coefficient (Wildman–Crippen LogP) is 2.46. The summed E-state index contributed by atoms with van der Waals surface area (Å²) in [5.41, 5.74) is 1.34. The van der Waals surface area contributed by atoms with Gasteiger partial charge in [0.1, 0.15) is 0 Å². The Morgan fingerprint density at radius 2 is 1.76 bits per heavy atom. The predicted molar refractivity (Wildman–Crippen MR) is 73.0 cm³/mol. The van der Waals surface area contributed by atoms with Gasteiger partial charge in [-0.05, 0) is 18.5 Å². The van der Waals surface area contributed by atoms with E-state index in [9.17, 15) is 0 Å². The molecule has 0 spiro atoms. The minimum atomic E-state index is -2.15. The third kappa shape index (κ3) is 4.59. The molecular weight excluding hydrogens is 230 g/mol. The fourth-order valence-corrected chi connectivity index (χ4v) is 4.10. The van der Waals surface area contributed by atoms with E-state index in [2.05, 4.69) is 36.2 Å². The van der Waals surface area contributed by atoms with Crippen LogP contribution in [0.5, 0.6) is 0 Å². The minimum Gasteiger partial charge on any atom is -0.386 e. The Morgan fingerprint density at radius 1 is 1.12 bits per heavy atom. The summed E-state index contributed by atoms with van der Waals surface area (Å²) in [4.78, 5) is 3.48. The van der Waals surface area contributed by atoms with Crippen molar-refractivity contribution in [2.45, 2.75) is 25.8 Å². The molecule has 0 aliphatic carbocycles. The summed E-state index contributed by atoms with van der Waals surface area (Å²) in [5, 5.41) is 0. The number of hydrogen-bond acceptors (Lipinski definition) is 3. The largest absolute Gasteiger partial charge is 0.424 e. The van der Waals surface area contributed by atoms with E-state index < -0.39 is 8.72 Å². The topological polar surface area (TPSA) is 30.5 Å². The lowest BCUT2D eigenvalue weighted by Gasteiger charge is -2.27. The Labute approximate surface area is 105 Å². The summed E-state index contributed by atoms with van der Waals surface area (Å²) in [7, 11) is 1.33. The molecule has 0 unspecified atom stereocenters. The van der Waals surface area contributed by atoms with E-state index in [1.165, 1.54) is 5.56 Å². The SMILES string of the molecule is CCC[Si](NCCc1ccccc1)(OC)OC. The van der Waals surface area contributed by atoms with Crippen LogP contribution in [-0.2, 0) is 15.3 Å². The second kappa shape index (κ2) is 7.61. The van der Waals surface area contributed by atoms with Crippen molar-refractivity contribution >= 4 is 8.72 Å². The van der Waals surface area contributed by atoms with Crippen LogP contribution in [-0.4, -0.2) is 29.5 Å². The average Bonchev–Trinajstić information content (AvgIpc) is 2.39. The quantitative estimate of drug-likeness (QED) is 0.722. The Hall–Kier alpha value is -0.683. The number of hydrogen-bond donors (Lipinski definition) is 1. The molecule has 0 bridgehead atoms. The third-order valence-electron chi connectivity index (χ3n) is 2.89. The molecule has 3 nitrogen and oxygen atoms in total. The average molecular weight is 253 g/mol. The van der Waals surface area contributed by atoms with E-state index >= 15 is 0 Å². The fourth-order valence-electron chi connectivity index (χ4n) is 1.89. The number of nitrogens with one attached hydrogen (secondary N) is 1. The molecule has 17 heavy (non-hydrogen) atoms. The van der Waals surface area contributed by atoms with Crippen molar-refractivity contribution < 1.29 is 8.85 Å². The second-order valence-electron chi connectivity index (χ2n) is 4.07. The third-order valence-corrected chi connectivity index (χ3v) is 6.16. The monoisotopic (exact) mass is 253 g/mol. The van der Waals surface area contributed by atoms with Gasteiger partial charge >= 0.3 is 8.72 Å². The lowest BCUT2D eigenvalue weighted by Crippen LogP contribution is -2.55. The van der Waals surface area contributed by atoms with Crippen molar-refractivity contribution in [3.05, 3.63) is 35.9 Å². The molecule has 0 aliphatic heterocycles. The van der Waals surface area contributed by atoms with Crippen molar-refractivity contribution in [1.82, 2.24) is 4.98 Å². The van der Waals surface area contributed by atoms with E-state index in [-0.39, 0.29) is 0 Å². The zero-order chi connectivity index (χ0) is 12.6. The maximum Gasteiger partial charge on any atom is 0.424 e. The van der Waals surface area contributed by atoms with Crippen LogP contribution in [0.1, 0.15) is 18.9 Å². The van der Waals surface area contributed by atoms with Crippen molar-refractivity contribution in [3.63, 3.8) is 0 Å². The van der Waals surface area contributed by atoms with Crippen LogP contribution in [0.4, 0.5) is 0 Å². The maximum absolute atomic E-state index is 5.57. The second-order valence-corrected chi connectivity index (χ2v) is 7.25. The van der Waals surface area contributed by atoms with Gasteiger partial charge in [-0.1, -0.05) is 43.7 Å². The normalized spacial score (nSPS) is 11.7. The summed E-state index contributed by atoms with van der Waals surface area (Å²) in [6.07, 6.45) is 2.08. The van der Waals surface area contributed by atoms with Gasteiger partial charge in [-0.3, -0.25) is 4.98 Å². The molecule has 0 saturated carbocycles. The first kappa shape index (κ1) is 14.4. The van der Waals surface area contributed by atoms with E-state index in [4.69, 9.17) is 8.85 Å². The summed E-state index contributed by atoms with van der Waals surface area (Å²) in [6.45, 7) is 3.05. The first-order valence-electron chi connectivity index (χ1n) is 6.15. The van der Waals surface area contributed by atoms with Gasteiger partial charge in [0.2, 0.25) is 0 Å². The minimum absolute atomic E-state index is 0.901. The lowest BCUT2D eigenvalue weighted by molar-refractivity contribution is 0.227. The van der Waals surface area contributed by atoms with Gasteiger partial charge in [-0.2, -0.15) is 0 Å². The zero-order valence-electron chi connectivity index (χ0n) is 11.0. The Balaban J connectivity index is 2.42. The molecular formula is C13H23NO2Si. The molecule has 1 aromatic carbocycles. The van der Waals surface area contributed by atoms with Crippen molar-refractivity contribution in [1.29, 1.82) is 0 Å². The van der Waals surface area contributed by atoms with Gasteiger partial charge in [-0.25, -0.2) is 0 Å². The van der Waals surface area contributed by atoms with Crippen LogP contribution in [0.15, 0.2) is 30.3 Å². The van der Waals surface area contributed by atoms with E-state index in [1.807, 2.05) is 6.07 Å².